The Morgan fingerprint density at radius 3 is 2.67 bits per heavy atom. The topological polar surface area (TPSA) is 72.9 Å². The number of methoxy groups -OCH3 is 1. The standard InChI is InChI=1S/C17H25NO5S/c1-3-24(20,21)23-16-9-4-6-14(12-16)13-18(10-11-22-2)17(19)15-7-5-8-15/h4,6,9,12,15H,3,5,7-8,10-11,13H2,1-2H3. The number of benzene rings is 1. The molecule has 1 amide bonds. The smallest absolute Gasteiger partial charge is 0.308 e. The first kappa shape index (κ1) is 18.7. The normalized spacial score (nSPS) is 14.9. The molecule has 1 aliphatic carbocycles. The molecule has 1 aromatic rings. The summed E-state index contributed by atoms with van der Waals surface area (Å²) in [5, 5.41) is 0. The first-order chi connectivity index (χ1) is 11.4. The highest BCUT2D eigenvalue weighted by atomic mass is 32.2. The average Bonchev–Trinajstić information content (AvgIpc) is 2.49. The second kappa shape index (κ2) is 8.48. The second-order valence-corrected chi connectivity index (χ2v) is 7.82. The monoisotopic (exact) mass is 355 g/mol. The molecule has 24 heavy (non-hydrogen) atoms. The van der Waals surface area contributed by atoms with E-state index >= 15 is 0 Å². The van der Waals surface area contributed by atoms with Crippen LogP contribution in [0.4, 0.5) is 0 Å². The van der Waals surface area contributed by atoms with Crippen molar-refractivity contribution in [3.8, 4) is 5.75 Å². The molecule has 7 heteroatoms. The fourth-order valence-corrected chi connectivity index (χ4v) is 3.02. The Hall–Kier alpha value is -1.60. The lowest BCUT2D eigenvalue weighted by molar-refractivity contribution is -0.139. The third kappa shape index (κ3) is 5.21. The number of rotatable bonds is 9. The number of amides is 1. The maximum absolute atomic E-state index is 12.5. The van der Waals surface area contributed by atoms with Gasteiger partial charge in [-0.15, -0.1) is 0 Å². The van der Waals surface area contributed by atoms with Crippen LogP contribution in [0.15, 0.2) is 24.3 Å². The zero-order valence-corrected chi connectivity index (χ0v) is 15.0. The summed E-state index contributed by atoms with van der Waals surface area (Å²) in [6.07, 6.45) is 2.99. The van der Waals surface area contributed by atoms with Gasteiger partial charge < -0.3 is 13.8 Å². The molecule has 0 heterocycles. The van der Waals surface area contributed by atoms with Gasteiger partial charge in [0.25, 0.3) is 0 Å². The molecule has 0 unspecified atom stereocenters. The lowest BCUT2D eigenvalue weighted by atomic mass is 9.84. The highest BCUT2D eigenvalue weighted by Gasteiger charge is 2.29. The van der Waals surface area contributed by atoms with Crippen LogP contribution in [-0.2, 0) is 26.2 Å². The van der Waals surface area contributed by atoms with Crippen LogP contribution in [0.5, 0.6) is 5.75 Å². The van der Waals surface area contributed by atoms with Crippen molar-refractivity contribution >= 4 is 16.0 Å². The van der Waals surface area contributed by atoms with Crippen LogP contribution in [0.3, 0.4) is 0 Å². The molecule has 0 spiro atoms. The molecular weight excluding hydrogens is 330 g/mol. The van der Waals surface area contributed by atoms with Gasteiger partial charge in [0, 0.05) is 26.1 Å². The van der Waals surface area contributed by atoms with E-state index in [0.717, 1.165) is 24.8 Å². The lowest BCUT2D eigenvalue weighted by Gasteiger charge is -2.31. The van der Waals surface area contributed by atoms with Gasteiger partial charge >= 0.3 is 10.1 Å². The Morgan fingerprint density at radius 1 is 1.33 bits per heavy atom. The van der Waals surface area contributed by atoms with E-state index in [1.54, 1.807) is 30.2 Å². The third-order valence-electron chi connectivity index (χ3n) is 4.18. The van der Waals surface area contributed by atoms with Gasteiger partial charge in [-0.2, -0.15) is 8.42 Å². The van der Waals surface area contributed by atoms with E-state index in [0.29, 0.717) is 19.7 Å². The molecule has 1 aromatic carbocycles. The molecule has 1 aliphatic rings. The second-order valence-electron chi connectivity index (χ2n) is 5.96. The maximum atomic E-state index is 12.5. The molecule has 2 rings (SSSR count). The Balaban J connectivity index is 2.08. The number of carbonyl (C=O) groups excluding carboxylic acids is 1. The molecule has 0 N–H and O–H groups in total. The van der Waals surface area contributed by atoms with Crippen molar-refractivity contribution in [1.29, 1.82) is 0 Å². The van der Waals surface area contributed by atoms with Crippen LogP contribution < -0.4 is 4.18 Å². The van der Waals surface area contributed by atoms with Crippen molar-refractivity contribution < 1.29 is 22.1 Å². The number of nitrogens with zero attached hydrogens (tertiary/aromatic N) is 1. The third-order valence-corrected chi connectivity index (χ3v) is 5.33. The predicted octanol–water partition coefficient (Wildman–Crippen LogP) is 2.19. The van der Waals surface area contributed by atoms with Crippen LogP contribution in [0, 0.1) is 5.92 Å². The van der Waals surface area contributed by atoms with Gasteiger partial charge in [-0.3, -0.25) is 4.79 Å². The van der Waals surface area contributed by atoms with E-state index in [4.69, 9.17) is 8.92 Å². The van der Waals surface area contributed by atoms with E-state index in [2.05, 4.69) is 0 Å². The fourth-order valence-electron chi connectivity index (χ4n) is 2.50. The highest BCUT2D eigenvalue weighted by molar-refractivity contribution is 7.87. The summed E-state index contributed by atoms with van der Waals surface area (Å²) in [6, 6.07) is 6.86. The number of carbonyl (C=O) groups is 1. The average molecular weight is 355 g/mol. The molecule has 0 radical (unpaired) electrons. The Labute approximate surface area is 143 Å². The quantitative estimate of drug-likeness (QED) is 0.635. The van der Waals surface area contributed by atoms with Gasteiger partial charge in [-0.05, 0) is 37.5 Å². The first-order valence-corrected chi connectivity index (χ1v) is 9.81. The van der Waals surface area contributed by atoms with Crippen LogP contribution in [-0.4, -0.2) is 45.2 Å². The molecule has 0 aliphatic heterocycles. The zero-order valence-electron chi connectivity index (χ0n) is 14.2. The first-order valence-electron chi connectivity index (χ1n) is 8.24. The summed E-state index contributed by atoms with van der Waals surface area (Å²) in [5.74, 6) is 0.446. The van der Waals surface area contributed by atoms with E-state index in [1.807, 2.05) is 6.07 Å². The van der Waals surface area contributed by atoms with Crippen molar-refractivity contribution in [2.45, 2.75) is 32.7 Å². The molecule has 6 nitrogen and oxygen atoms in total. The van der Waals surface area contributed by atoms with Crippen LogP contribution in [0.1, 0.15) is 31.7 Å². The number of hydrogen-bond acceptors (Lipinski definition) is 5. The number of hydrogen-bond donors (Lipinski definition) is 0. The zero-order chi connectivity index (χ0) is 17.6. The Kier molecular flexibility index (Phi) is 6.62. The summed E-state index contributed by atoms with van der Waals surface area (Å²) in [4.78, 5) is 14.3. The molecule has 0 aromatic heterocycles. The van der Waals surface area contributed by atoms with Gasteiger partial charge in [-0.1, -0.05) is 18.6 Å². The van der Waals surface area contributed by atoms with Gasteiger partial charge in [0.1, 0.15) is 5.75 Å². The molecule has 134 valence electrons. The van der Waals surface area contributed by atoms with E-state index in [9.17, 15) is 13.2 Å². The summed E-state index contributed by atoms with van der Waals surface area (Å²) in [6.45, 7) is 2.94. The van der Waals surface area contributed by atoms with Gasteiger partial charge in [0.2, 0.25) is 5.91 Å². The maximum Gasteiger partial charge on any atom is 0.308 e. The van der Waals surface area contributed by atoms with Crippen LogP contribution >= 0.6 is 0 Å². The molecule has 0 saturated heterocycles. The minimum absolute atomic E-state index is 0.0860. The summed E-state index contributed by atoms with van der Waals surface area (Å²) in [5.41, 5.74) is 0.836. The summed E-state index contributed by atoms with van der Waals surface area (Å²) < 4.78 is 33.3. The van der Waals surface area contributed by atoms with E-state index in [-0.39, 0.29) is 23.3 Å². The summed E-state index contributed by atoms with van der Waals surface area (Å²) in [7, 11) is -1.95. The van der Waals surface area contributed by atoms with Crippen LogP contribution in [0.2, 0.25) is 0 Å². The lowest BCUT2D eigenvalue weighted by Crippen LogP contribution is -2.40. The van der Waals surface area contributed by atoms with Crippen molar-refractivity contribution in [2.24, 2.45) is 5.92 Å². The highest BCUT2D eigenvalue weighted by Crippen LogP contribution is 2.29. The molecule has 0 bridgehead atoms. The van der Waals surface area contributed by atoms with Crippen molar-refractivity contribution in [3.05, 3.63) is 29.8 Å². The minimum Gasteiger partial charge on any atom is -0.383 e. The molecule has 0 atom stereocenters. The SMILES string of the molecule is CCS(=O)(=O)Oc1cccc(CN(CCOC)C(=O)C2CCC2)c1. The van der Waals surface area contributed by atoms with E-state index in [1.165, 1.54) is 6.92 Å². The van der Waals surface area contributed by atoms with Crippen molar-refractivity contribution in [3.63, 3.8) is 0 Å². The predicted molar refractivity (Wildman–Crippen MR) is 91.2 cm³/mol. The largest absolute Gasteiger partial charge is 0.383 e. The van der Waals surface area contributed by atoms with Crippen LogP contribution in [0.25, 0.3) is 0 Å². The Morgan fingerprint density at radius 2 is 2.08 bits per heavy atom. The summed E-state index contributed by atoms with van der Waals surface area (Å²) >= 11 is 0. The molecule has 1 fully saturated rings. The molecule has 1 saturated carbocycles. The molecular formula is C17H25NO5S. The van der Waals surface area contributed by atoms with Crippen molar-refractivity contribution in [1.82, 2.24) is 4.90 Å². The minimum atomic E-state index is -3.56. The number of ether oxygens (including phenoxy) is 1. The fraction of sp³-hybridized carbons (Fsp3) is 0.588. The van der Waals surface area contributed by atoms with E-state index < -0.39 is 10.1 Å². The van der Waals surface area contributed by atoms with Crippen molar-refractivity contribution in [2.75, 3.05) is 26.0 Å². The Bertz CT molecular complexity index is 655. The van der Waals surface area contributed by atoms with Gasteiger partial charge in [0.15, 0.2) is 0 Å². The van der Waals surface area contributed by atoms with Gasteiger partial charge in [0.05, 0.1) is 12.4 Å². The van der Waals surface area contributed by atoms with Gasteiger partial charge in [-0.25, -0.2) is 0 Å².